The predicted molar refractivity (Wildman–Crippen MR) is 88.7 cm³/mol. The van der Waals surface area contributed by atoms with Gasteiger partial charge in [0, 0.05) is 30.7 Å². The van der Waals surface area contributed by atoms with E-state index < -0.39 is 0 Å². The number of nitrogens with two attached hydrogens (primary N) is 1. The number of carbonyl (C=O) groups is 1. The van der Waals surface area contributed by atoms with E-state index in [1.807, 2.05) is 48.5 Å². The van der Waals surface area contributed by atoms with Gasteiger partial charge in [-0.1, -0.05) is 48.5 Å². The van der Waals surface area contributed by atoms with Gasteiger partial charge in [0.2, 0.25) is 5.91 Å². The lowest BCUT2D eigenvalue weighted by Gasteiger charge is -2.15. The monoisotopic (exact) mass is 295 g/mol. The molecule has 1 heterocycles. The molecule has 114 valence electrons. The van der Waals surface area contributed by atoms with Crippen molar-refractivity contribution in [3.63, 3.8) is 0 Å². The molecule has 0 spiro atoms. The Hall–Kier alpha value is -2.17. The number of likely N-dealkylation sites (tertiary alicyclic amines) is 1. The lowest BCUT2D eigenvalue weighted by Crippen LogP contribution is -2.33. The van der Waals surface area contributed by atoms with Crippen molar-refractivity contribution in [2.75, 3.05) is 25.0 Å². The first-order valence-corrected chi connectivity index (χ1v) is 7.60. The zero-order valence-corrected chi connectivity index (χ0v) is 12.5. The quantitative estimate of drug-likeness (QED) is 0.907. The molecule has 1 fully saturated rings. The Kier molecular flexibility index (Phi) is 4.51. The van der Waals surface area contributed by atoms with Gasteiger partial charge in [-0.3, -0.25) is 9.69 Å². The van der Waals surface area contributed by atoms with Crippen LogP contribution in [0.4, 0.5) is 5.69 Å². The van der Waals surface area contributed by atoms with Crippen LogP contribution < -0.4 is 11.1 Å². The fourth-order valence-electron chi connectivity index (χ4n) is 3.02. The zero-order valence-electron chi connectivity index (χ0n) is 12.5. The SMILES string of the molecule is N[C@@H]1CN(CC(=O)Nc2ccccc2)C[C@H]1c1ccccc1. The van der Waals surface area contributed by atoms with Crippen molar-refractivity contribution < 1.29 is 4.79 Å². The number of anilines is 1. The van der Waals surface area contributed by atoms with Crippen LogP contribution in [0, 0.1) is 0 Å². The summed E-state index contributed by atoms with van der Waals surface area (Å²) in [6, 6.07) is 19.9. The summed E-state index contributed by atoms with van der Waals surface area (Å²) < 4.78 is 0. The highest BCUT2D eigenvalue weighted by Gasteiger charge is 2.31. The lowest BCUT2D eigenvalue weighted by molar-refractivity contribution is -0.117. The molecule has 0 aliphatic carbocycles. The first-order valence-electron chi connectivity index (χ1n) is 7.60. The Morgan fingerprint density at radius 2 is 1.68 bits per heavy atom. The number of para-hydroxylation sites is 1. The van der Waals surface area contributed by atoms with Gasteiger partial charge in [-0.15, -0.1) is 0 Å². The van der Waals surface area contributed by atoms with Crippen LogP contribution >= 0.6 is 0 Å². The van der Waals surface area contributed by atoms with Gasteiger partial charge in [0.05, 0.1) is 6.54 Å². The molecule has 0 unspecified atom stereocenters. The van der Waals surface area contributed by atoms with Crippen molar-refractivity contribution in [1.82, 2.24) is 4.90 Å². The topological polar surface area (TPSA) is 58.4 Å². The second-order valence-corrected chi connectivity index (χ2v) is 5.79. The van der Waals surface area contributed by atoms with Crippen LogP contribution in [0.5, 0.6) is 0 Å². The summed E-state index contributed by atoms with van der Waals surface area (Å²) >= 11 is 0. The standard InChI is InChI=1S/C18H21N3O/c19-17-12-21(11-16(17)14-7-3-1-4-8-14)13-18(22)20-15-9-5-2-6-10-15/h1-10,16-17H,11-13,19H2,(H,20,22)/t16-,17+/m0/s1. The van der Waals surface area contributed by atoms with E-state index in [1.54, 1.807) is 0 Å². The van der Waals surface area contributed by atoms with Crippen molar-refractivity contribution in [2.45, 2.75) is 12.0 Å². The van der Waals surface area contributed by atoms with E-state index in [1.165, 1.54) is 5.56 Å². The van der Waals surface area contributed by atoms with Crippen LogP contribution in [-0.2, 0) is 4.79 Å². The highest BCUT2D eigenvalue weighted by atomic mass is 16.2. The predicted octanol–water partition coefficient (Wildman–Crippen LogP) is 2.05. The summed E-state index contributed by atoms with van der Waals surface area (Å²) in [4.78, 5) is 14.3. The van der Waals surface area contributed by atoms with E-state index in [2.05, 4.69) is 22.3 Å². The molecular weight excluding hydrogens is 274 g/mol. The fraction of sp³-hybridized carbons (Fsp3) is 0.278. The van der Waals surface area contributed by atoms with Crippen LogP contribution in [0.25, 0.3) is 0 Å². The third-order valence-electron chi connectivity index (χ3n) is 4.09. The Morgan fingerprint density at radius 1 is 1.05 bits per heavy atom. The number of nitrogens with zero attached hydrogens (tertiary/aromatic N) is 1. The highest BCUT2D eigenvalue weighted by molar-refractivity contribution is 5.92. The normalized spacial score (nSPS) is 21.7. The minimum Gasteiger partial charge on any atom is -0.326 e. The van der Waals surface area contributed by atoms with Gasteiger partial charge in [-0.25, -0.2) is 0 Å². The molecular formula is C18H21N3O. The molecule has 0 radical (unpaired) electrons. The van der Waals surface area contributed by atoms with Gasteiger partial charge in [0.25, 0.3) is 0 Å². The molecule has 3 rings (SSSR count). The van der Waals surface area contributed by atoms with E-state index in [9.17, 15) is 4.79 Å². The smallest absolute Gasteiger partial charge is 0.238 e. The Morgan fingerprint density at radius 3 is 2.36 bits per heavy atom. The first-order chi connectivity index (χ1) is 10.7. The summed E-state index contributed by atoms with van der Waals surface area (Å²) in [5, 5.41) is 2.92. The van der Waals surface area contributed by atoms with Gasteiger partial charge in [0.1, 0.15) is 0 Å². The number of nitrogens with one attached hydrogen (secondary N) is 1. The largest absolute Gasteiger partial charge is 0.326 e. The van der Waals surface area contributed by atoms with Crippen molar-refractivity contribution in [3.8, 4) is 0 Å². The maximum atomic E-state index is 12.1. The third kappa shape index (κ3) is 3.53. The first kappa shape index (κ1) is 14.8. The van der Waals surface area contributed by atoms with E-state index >= 15 is 0 Å². The highest BCUT2D eigenvalue weighted by Crippen LogP contribution is 2.26. The Balaban J connectivity index is 1.57. The van der Waals surface area contributed by atoms with E-state index in [4.69, 9.17) is 5.73 Å². The zero-order chi connectivity index (χ0) is 15.4. The van der Waals surface area contributed by atoms with Crippen LogP contribution in [0.1, 0.15) is 11.5 Å². The van der Waals surface area contributed by atoms with Crippen molar-refractivity contribution in [1.29, 1.82) is 0 Å². The van der Waals surface area contributed by atoms with Crippen LogP contribution in [-0.4, -0.2) is 36.5 Å². The minimum atomic E-state index is 0.00658. The molecule has 3 N–H and O–H groups in total. The molecule has 2 atom stereocenters. The van der Waals surface area contributed by atoms with Crippen LogP contribution in [0.2, 0.25) is 0 Å². The molecule has 1 amide bonds. The van der Waals surface area contributed by atoms with Gasteiger partial charge in [0.15, 0.2) is 0 Å². The molecule has 22 heavy (non-hydrogen) atoms. The molecule has 0 aromatic heterocycles. The summed E-state index contributed by atoms with van der Waals surface area (Å²) in [6.07, 6.45) is 0. The van der Waals surface area contributed by atoms with E-state index in [0.717, 1.165) is 18.8 Å². The van der Waals surface area contributed by atoms with Crippen molar-refractivity contribution >= 4 is 11.6 Å². The molecule has 2 aromatic rings. The van der Waals surface area contributed by atoms with Crippen LogP contribution in [0.15, 0.2) is 60.7 Å². The summed E-state index contributed by atoms with van der Waals surface area (Å²) in [6.45, 7) is 1.96. The van der Waals surface area contributed by atoms with Gasteiger partial charge in [-0.05, 0) is 17.7 Å². The fourth-order valence-corrected chi connectivity index (χ4v) is 3.02. The maximum absolute atomic E-state index is 12.1. The summed E-state index contributed by atoms with van der Waals surface area (Å²) in [5.74, 6) is 0.304. The summed E-state index contributed by atoms with van der Waals surface area (Å²) in [5.41, 5.74) is 8.34. The Labute approximate surface area is 130 Å². The van der Waals surface area contributed by atoms with E-state index in [0.29, 0.717) is 12.5 Å². The average Bonchev–Trinajstić information content (AvgIpc) is 2.89. The molecule has 4 heteroatoms. The lowest BCUT2D eigenvalue weighted by atomic mass is 9.95. The van der Waals surface area contributed by atoms with Gasteiger partial charge in [-0.2, -0.15) is 0 Å². The molecule has 4 nitrogen and oxygen atoms in total. The number of carbonyl (C=O) groups excluding carboxylic acids is 1. The second-order valence-electron chi connectivity index (χ2n) is 5.79. The molecule has 1 aliphatic heterocycles. The number of hydrogen-bond donors (Lipinski definition) is 2. The van der Waals surface area contributed by atoms with E-state index in [-0.39, 0.29) is 11.9 Å². The molecule has 1 saturated heterocycles. The number of rotatable bonds is 4. The van der Waals surface area contributed by atoms with Gasteiger partial charge >= 0.3 is 0 Å². The third-order valence-corrected chi connectivity index (χ3v) is 4.09. The molecule has 0 bridgehead atoms. The molecule has 2 aromatic carbocycles. The number of benzene rings is 2. The maximum Gasteiger partial charge on any atom is 0.238 e. The van der Waals surface area contributed by atoms with Crippen LogP contribution in [0.3, 0.4) is 0 Å². The molecule has 0 saturated carbocycles. The number of amides is 1. The van der Waals surface area contributed by atoms with Gasteiger partial charge < -0.3 is 11.1 Å². The summed E-state index contributed by atoms with van der Waals surface area (Å²) in [7, 11) is 0. The minimum absolute atomic E-state index is 0.00658. The Bertz CT molecular complexity index is 615. The molecule has 1 aliphatic rings. The second kappa shape index (κ2) is 6.73. The average molecular weight is 295 g/mol. The van der Waals surface area contributed by atoms with Crippen molar-refractivity contribution in [2.24, 2.45) is 5.73 Å². The van der Waals surface area contributed by atoms with Crippen molar-refractivity contribution in [3.05, 3.63) is 66.2 Å². The number of hydrogen-bond acceptors (Lipinski definition) is 3.